The summed E-state index contributed by atoms with van der Waals surface area (Å²) in [6.07, 6.45) is 0.839. The number of hydrogen-bond acceptors (Lipinski definition) is 3. The maximum Gasteiger partial charge on any atom is 0.0542 e. The van der Waals surface area contributed by atoms with Crippen LogP contribution in [0, 0.1) is 3.57 Å². The summed E-state index contributed by atoms with van der Waals surface area (Å²) < 4.78 is 2.18. The normalized spacial score (nSPS) is 12.7. The number of benzene rings is 1. The van der Waals surface area contributed by atoms with Crippen molar-refractivity contribution < 1.29 is 0 Å². The van der Waals surface area contributed by atoms with Gasteiger partial charge >= 0.3 is 0 Å². The predicted molar refractivity (Wildman–Crippen MR) is 90.0 cm³/mol. The number of halogens is 3. The molecule has 6 heteroatoms. The molecule has 0 fully saturated rings. The summed E-state index contributed by atoms with van der Waals surface area (Å²) in [7, 11) is 0. The third-order valence-corrected chi connectivity index (χ3v) is 6.15. The summed E-state index contributed by atoms with van der Waals surface area (Å²) in [5.41, 5.74) is 3.96. The Balaban J connectivity index is 2.23. The Bertz CT molecular complexity index is 547. The first-order valence-electron chi connectivity index (χ1n) is 5.24. The van der Waals surface area contributed by atoms with E-state index in [9.17, 15) is 0 Å². The fourth-order valence-corrected chi connectivity index (χ4v) is 3.74. The molecule has 3 N–H and O–H groups in total. The van der Waals surface area contributed by atoms with Crippen LogP contribution in [-0.4, -0.2) is 0 Å². The lowest BCUT2D eigenvalue weighted by molar-refractivity contribution is 0.555. The molecule has 2 nitrogen and oxygen atoms in total. The molecule has 0 aliphatic rings. The molecule has 0 aliphatic carbocycles. The molecule has 1 aromatic heterocycles. The molecule has 18 heavy (non-hydrogen) atoms. The molecule has 1 aromatic carbocycles. The van der Waals surface area contributed by atoms with Crippen molar-refractivity contribution >= 4 is 61.5 Å². The van der Waals surface area contributed by atoms with Crippen molar-refractivity contribution in [2.24, 2.45) is 5.84 Å². The molecule has 0 amide bonds. The Hall–Kier alpha value is 0.340. The molecule has 1 atom stereocenters. The van der Waals surface area contributed by atoms with Crippen LogP contribution in [0.2, 0.25) is 5.02 Å². The van der Waals surface area contributed by atoms with Crippen LogP contribution in [0.3, 0.4) is 0 Å². The Morgan fingerprint density at radius 3 is 2.78 bits per heavy atom. The number of rotatable bonds is 4. The van der Waals surface area contributed by atoms with Crippen molar-refractivity contribution in [2.45, 2.75) is 12.5 Å². The highest BCUT2D eigenvalue weighted by Crippen LogP contribution is 2.29. The second-order valence-corrected chi connectivity index (χ2v) is 7.21. The lowest BCUT2D eigenvalue weighted by atomic mass is 10.0. The Labute approximate surface area is 137 Å². The zero-order chi connectivity index (χ0) is 13.1. The first-order chi connectivity index (χ1) is 8.61. The van der Waals surface area contributed by atoms with Crippen LogP contribution in [0.25, 0.3) is 0 Å². The molecular weight excluding hydrogens is 446 g/mol. The molecule has 1 unspecified atom stereocenters. The van der Waals surface area contributed by atoms with Crippen molar-refractivity contribution in [1.82, 2.24) is 5.43 Å². The average molecular weight is 458 g/mol. The minimum absolute atomic E-state index is 0.0643. The van der Waals surface area contributed by atoms with E-state index in [0.29, 0.717) is 0 Å². The highest BCUT2D eigenvalue weighted by atomic mass is 127. The zero-order valence-corrected chi connectivity index (χ0v) is 14.6. The van der Waals surface area contributed by atoms with Crippen LogP contribution in [0.15, 0.2) is 34.1 Å². The van der Waals surface area contributed by atoms with Gasteiger partial charge in [-0.05, 0) is 67.7 Å². The minimum atomic E-state index is 0.0643. The van der Waals surface area contributed by atoms with Crippen LogP contribution in [0.1, 0.15) is 16.5 Å². The van der Waals surface area contributed by atoms with Gasteiger partial charge in [-0.2, -0.15) is 0 Å². The first-order valence-corrected chi connectivity index (χ1v) is 8.37. The van der Waals surface area contributed by atoms with E-state index in [1.54, 1.807) is 11.3 Å². The topological polar surface area (TPSA) is 38.0 Å². The van der Waals surface area contributed by atoms with E-state index in [1.165, 1.54) is 4.88 Å². The molecule has 0 spiro atoms. The average Bonchev–Trinajstić information content (AvgIpc) is 2.75. The van der Waals surface area contributed by atoms with E-state index in [1.807, 2.05) is 12.1 Å². The minimum Gasteiger partial charge on any atom is -0.271 e. The van der Waals surface area contributed by atoms with Gasteiger partial charge in [0.25, 0.3) is 0 Å². The molecule has 0 saturated carbocycles. The molecule has 0 radical (unpaired) electrons. The van der Waals surface area contributed by atoms with Gasteiger partial charge in [0.15, 0.2) is 0 Å². The second-order valence-electron chi connectivity index (χ2n) is 3.79. The summed E-state index contributed by atoms with van der Waals surface area (Å²) >= 11 is 13.6. The molecule has 0 bridgehead atoms. The maximum atomic E-state index is 6.15. The van der Waals surface area contributed by atoms with Crippen LogP contribution < -0.4 is 11.3 Å². The molecule has 2 aromatic rings. The highest BCUT2D eigenvalue weighted by molar-refractivity contribution is 14.1. The summed E-state index contributed by atoms with van der Waals surface area (Å²) in [4.78, 5) is 1.27. The first kappa shape index (κ1) is 14.7. The van der Waals surface area contributed by atoms with Crippen molar-refractivity contribution in [1.29, 1.82) is 0 Å². The van der Waals surface area contributed by atoms with Gasteiger partial charge in [-0.3, -0.25) is 11.3 Å². The maximum absolute atomic E-state index is 6.15. The number of hydrazine groups is 1. The monoisotopic (exact) mass is 456 g/mol. The van der Waals surface area contributed by atoms with Gasteiger partial charge in [-0.1, -0.05) is 17.7 Å². The van der Waals surface area contributed by atoms with Gasteiger partial charge in [-0.15, -0.1) is 11.3 Å². The number of nitrogens with two attached hydrogens (primary N) is 1. The van der Waals surface area contributed by atoms with Crippen LogP contribution in [0.5, 0.6) is 0 Å². The summed E-state index contributed by atoms with van der Waals surface area (Å²) in [6, 6.07) is 8.14. The third-order valence-electron chi connectivity index (χ3n) is 2.63. The van der Waals surface area contributed by atoms with E-state index >= 15 is 0 Å². The van der Waals surface area contributed by atoms with Gasteiger partial charge in [0.05, 0.1) is 11.1 Å². The third kappa shape index (κ3) is 3.46. The zero-order valence-electron chi connectivity index (χ0n) is 9.29. The van der Waals surface area contributed by atoms with Gasteiger partial charge < -0.3 is 0 Å². The van der Waals surface area contributed by atoms with Crippen molar-refractivity contribution in [2.75, 3.05) is 0 Å². The quantitative estimate of drug-likeness (QED) is 0.403. The van der Waals surface area contributed by atoms with E-state index in [2.05, 4.69) is 61.5 Å². The van der Waals surface area contributed by atoms with Crippen molar-refractivity contribution in [3.63, 3.8) is 0 Å². The van der Waals surface area contributed by atoms with Gasteiger partial charge in [-0.25, -0.2) is 0 Å². The van der Waals surface area contributed by atoms with E-state index in [4.69, 9.17) is 17.4 Å². The SMILES string of the molecule is NNC(Cc1sccc1Br)c1ccc(I)c(Cl)c1. The Kier molecular flexibility index (Phi) is 5.47. The smallest absolute Gasteiger partial charge is 0.0542 e. The number of hydrogen-bond donors (Lipinski definition) is 2. The van der Waals surface area contributed by atoms with Gasteiger partial charge in [0, 0.05) is 19.3 Å². The van der Waals surface area contributed by atoms with E-state index < -0.39 is 0 Å². The Morgan fingerprint density at radius 2 is 2.22 bits per heavy atom. The second kappa shape index (κ2) is 6.67. The summed E-state index contributed by atoms with van der Waals surface area (Å²) in [5, 5.41) is 2.83. The number of thiophene rings is 1. The molecule has 1 heterocycles. The van der Waals surface area contributed by atoms with Crippen LogP contribution >= 0.6 is 61.5 Å². The predicted octanol–water partition coefficient (Wildman–Crippen LogP) is 4.52. The van der Waals surface area contributed by atoms with Crippen molar-refractivity contribution in [3.05, 3.63) is 53.2 Å². The number of nitrogens with one attached hydrogen (secondary N) is 1. The largest absolute Gasteiger partial charge is 0.271 e. The summed E-state index contributed by atoms with van der Waals surface area (Å²) in [5.74, 6) is 5.65. The van der Waals surface area contributed by atoms with Crippen LogP contribution in [-0.2, 0) is 6.42 Å². The molecule has 2 rings (SSSR count). The van der Waals surface area contributed by atoms with Crippen molar-refractivity contribution in [3.8, 4) is 0 Å². The highest BCUT2D eigenvalue weighted by Gasteiger charge is 2.14. The molecule has 96 valence electrons. The standard InChI is InChI=1S/C12H11BrClIN2S/c13-8-3-4-18-12(8)6-11(17-16)7-1-2-10(15)9(14)5-7/h1-5,11,17H,6,16H2. The van der Waals surface area contributed by atoms with Gasteiger partial charge in [0.1, 0.15) is 0 Å². The fourth-order valence-electron chi connectivity index (χ4n) is 1.66. The summed E-state index contributed by atoms with van der Waals surface area (Å²) in [6.45, 7) is 0. The lowest BCUT2D eigenvalue weighted by Gasteiger charge is -2.16. The van der Waals surface area contributed by atoms with E-state index in [0.717, 1.165) is 25.0 Å². The fraction of sp³-hybridized carbons (Fsp3) is 0.167. The molecular formula is C12H11BrClIN2S. The van der Waals surface area contributed by atoms with E-state index in [-0.39, 0.29) is 6.04 Å². The Morgan fingerprint density at radius 1 is 1.44 bits per heavy atom. The van der Waals surface area contributed by atoms with Gasteiger partial charge in [0.2, 0.25) is 0 Å². The molecule has 0 saturated heterocycles. The van der Waals surface area contributed by atoms with Crippen LogP contribution in [0.4, 0.5) is 0 Å². The molecule has 0 aliphatic heterocycles. The lowest BCUT2D eigenvalue weighted by Crippen LogP contribution is -2.29.